The molecule has 3 aromatic rings. The van der Waals surface area contributed by atoms with Gasteiger partial charge in [-0.25, -0.2) is 18.1 Å². The van der Waals surface area contributed by atoms with E-state index in [2.05, 4.69) is 19.8 Å². The van der Waals surface area contributed by atoms with Crippen molar-refractivity contribution in [1.82, 2.24) is 24.7 Å². The number of nitrogens with zero attached hydrogens (tertiary/aromatic N) is 4. The van der Waals surface area contributed by atoms with Gasteiger partial charge in [0.1, 0.15) is 0 Å². The average Bonchev–Trinajstić information content (AvgIpc) is 3.15. The van der Waals surface area contributed by atoms with Crippen molar-refractivity contribution in [2.24, 2.45) is 0 Å². The molecule has 0 aromatic carbocycles. The van der Waals surface area contributed by atoms with Gasteiger partial charge in [-0.2, -0.15) is 0 Å². The summed E-state index contributed by atoms with van der Waals surface area (Å²) < 4.78 is 31.0. The highest BCUT2D eigenvalue weighted by molar-refractivity contribution is 7.89. The molecule has 0 spiro atoms. The first-order valence-electron chi connectivity index (χ1n) is 8.90. The molecule has 28 heavy (non-hydrogen) atoms. The maximum Gasteiger partial charge on any atom is 0.293 e. The van der Waals surface area contributed by atoms with E-state index in [1.807, 2.05) is 6.07 Å². The van der Waals surface area contributed by atoms with Gasteiger partial charge in [-0.15, -0.1) is 0 Å². The number of hydrogen-bond acceptors (Lipinski definition) is 7. The van der Waals surface area contributed by atoms with E-state index < -0.39 is 10.0 Å². The number of aromatic nitrogens is 3. The second kappa shape index (κ2) is 7.28. The van der Waals surface area contributed by atoms with E-state index in [-0.39, 0.29) is 24.0 Å². The monoisotopic (exact) mass is 401 g/mol. The molecule has 0 radical (unpaired) electrons. The third kappa shape index (κ3) is 3.60. The number of carbonyl (C=O) groups excluding carboxylic acids is 1. The van der Waals surface area contributed by atoms with Crippen LogP contribution in [0.1, 0.15) is 34.3 Å². The SMILES string of the molecule is CCS(=O)(=O)NCc1cnc2c(c1)CN(C(=O)c1onc3ncccc13)CC2. The Labute approximate surface area is 161 Å². The Morgan fingerprint density at radius 1 is 1.36 bits per heavy atom. The number of hydrogen-bond donors (Lipinski definition) is 1. The van der Waals surface area contributed by atoms with Gasteiger partial charge in [0, 0.05) is 44.1 Å². The number of amides is 1. The summed E-state index contributed by atoms with van der Waals surface area (Å²) in [7, 11) is -3.28. The van der Waals surface area contributed by atoms with Gasteiger partial charge in [0.05, 0.1) is 11.1 Å². The first-order valence-corrected chi connectivity index (χ1v) is 10.6. The van der Waals surface area contributed by atoms with Crippen LogP contribution in [0.4, 0.5) is 0 Å². The summed E-state index contributed by atoms with van der Waals surface area (Å²) in [5, 5.41) is 4.42. The molecule has 146 valence electrons. The third-order valence-electron chi connectivity index (χ3n) is 4.71. The number of carbonyl (C=O) groups is 1. The molecule has 1 N–H and O–H groups in total. The molecule has 1 aliphatic heterocycles. The maximum absolute atomic E-state index is 12.9. The molecule has 10 heteroatoms. The number of sulfonamides is 1. The van der Waals surface area contributed by atoms with Crippen LogP contribution in [0.2, 0.25) is 0 Å². The summed E-state index contributed by atoms with van der Waals surface area (Å²) in [6, 6.07) is 5.37. The van der Waals surface area contributed by atoms with Crippen LogP contribution in [-0.4, -0.2) is 46.6 Å². The highest BCUT2D eigenvalue weighted by atomic mass is 32.2. The van der Waals surface area contributed by atoms with Gasteiger partial charge in [0.25, 0.3) is 5.91 Å². The van der Waals surface area contributed by atoms with Crippen molar-refractivity contribution in [3.8, 4) is 0 Å². The van der Waals surface area contributed by atoms with Gasteiger partial charge in [0.2, 0.25) is 21.4 Å². The Hall–Kier alpha value is -2.85. The van der Waals surface area contributed by atoms with Gasteiger partial charge >= 0.3 is 0 Å². The van der Waals surface area contributed by atoms with Crippen LogP contribution >= 0.6 is 0 Å². The van der Waals surface area contributed by atoms with Crippen LogP contribution in [0.15, 0.2) is 35.1 Å². The summed E-state index contributed by atoms with van der Waals surface area (Å²) >= 11 is 0. The van der Waals surface area contributed by atoms with E-state index >= 15 is 0 Å². The Kier molecular flexibility index (Phi) is 4.82. The number of fused-ring (bicyclic) bond motifs is 2. The minimum Gasteiger partial charge on any atom is -0.348 e. The maximum atomic E-state index is 12.9. The quantitative estimate of drug-likeness (QED) is 0.683. The van der Waals surface area contributed by atoms with Crippen LogP contribution < -0.4 is 4.72 Å². The molecular weight excluding hydrogens is 382 g/mol. The fourth-order valence-corrected chi connectivity index (χ4v) is 3.71. The number of rotatable bonds is 5. The van der Waals surface area contributed by atoms with Crippen molar-refractivity contribution in [1.29, 1.82) is 0 Å². The Bertz CT molecular complexity index is 1140. The van der Waals surface area contributed by atoms with Gasteiger partial charge in [0.15, 0.2) is 0 Å². The third-order valence-corrected chi connectivity index (χ3v) is 6.05. The summed E-state index contributed by atoms with van der Waals surface area (Å²) in [5.41, 5.74) is 2.96. The Morgan fingerprint density at radius 2 is 2.21 bits per heavy atom. The molecule has 1 aliphatic rings. The second-order valence-corrected chi connectivity index (χ2v) is 8.63. The van der Waals surface area contributed by atoms with E-state index in [0.29, 0.717) is 30.5 Å². The molecule has 3 aromatic heterocycles. The topological polar surface area (TPSA) is 118 Å². The molecule has 0 aliphatic carbocycles. The molecule has 0 saturated carbocycles. The van der Waals surface area contributed by atoms with E-state index in [9.17, 15) is 13.2 Å². The van der Waals surface area contributed by atoms with E-state index in [1.54, 1.807) is 36.4 Å². The zero-order chi connectivity index (χ0) is 19.7. The lowest BCUT2D eigenvalue weighted by Crippen LogP contribution is -2.36. The van der Waals surface area contributed by atoms with Gasteiger partial charge < -0.3 is 9.42 Å². The highest BCUT2D eigenvalue weighted by Gasteiger charge is 2.27. The first kappa shape index (κ1) is 18.5. The van der Waals surface area contributed by atoms with Gasteiger partial charge in [-0.1, -0.05) is 5.16 Å². The van der Waals surface area contributed by atoms with Crippen LogP contribution in [0, 0.1) is 0 Å². The molecule has 0 saturated heterocycles. The van der Waals surface area contributed by atoms with Crippen molar-refractivity contribution in [3.63, 3.8) is 0 Å². The number of nitrogens with one attached hydrogen (secondary N) is 1. The predicted octanol–water partition coefficient (Wildman–Crippen LogP) is 1.26. The van der Waals surface area contributed by atoms with Crippen molar-refractivity contribution in [2.45, 2.75) is 26.4 Å². The Balaban J connectivity index is 1.53. The smallest absolute Gasteiger partial charge is 0.293 e. The molecule has 0 bridgehead atoms. The zero-order valence-corrected chi connectivity index (χ0v) is 16.1. The summed E-state index contributed by atoms with van der Waals surface area (Å²) in [5.74, 6) is -0.0576. The normalized spacial score (nSPS) is 14.2. The first-order chi connectivity index (χ1) is 13.5. The van der Waals surface area contributed by atoms with Crippen LogP contribution in [0.3, 0.4) is 0 Å². The van der Waals surface area contributed by atoms with Crippen molar-refractivity contribution >= 4 is 27.0 Å². The van der Waals surface area contributed by atoms with Crippen LogP contribution in [0.25, 0.3) is 11.0 Å². The number of pyridine rings is 2. The van der Waals surface area contributed by atoms with Crippen molar-refractivity contribution in [2.75, 3.05) is 12.3 Å². The summed E-state index contributed by atoms with van der Waals surface area (Å²) in [6.45, 7) is 2.64. The lowest BCUT2D eigenvalue weighted by molar-refractivity contribution is 0.0694. The highest BCUT2D eigenvalue weighted by Crippen LogP contribution is 2.23. The van der Waals surface area contributed by atoms with E-state index in [4.69, 9.17) is 4.52 Å². The molecule has 0 atom stereocenters. The zero-order valence-electron chi connectivity index (χ0n) is 15.3. The summed E-state index contributed by atoms with van der Waals surface area (Å²) in [4.78, 5) is 23.1. The summed E-state index contributed by atoms with van der Waals surface area (Å²) in [6.07, 6.45) is 3.88. The van der Waals surface area contributed by atoms with Crippen molar-refractivity contribution in [3.05, 3.63) is 53.2 Å². The lowest BCUT2D eigenvalue weighted by atomic mass is 10.0. The fourth-order valence-electron chi connectivity index (χ4n) is 3.12. The molecule has 4 rings (SSSR count). The van der Waals surface area contributed by atoms with Crippen LogP contribution in [-0.2, 0) is 29.5 Å². The minimum absolute atomic E-state index is 0.0215. The van der Waals surface area contributed by atoms with Crippen LogP contribution in [0.5, 0.6) is 0 Å². The second-order valence-electron chi connectivity index (χ2n) is 6.54. The van der Waals surface area contributed by atoms with Gasteiger partial charge in [-0.05, 0) is 36.2 Å². The van der Waals surface area contributed by atoms with E-state index in [1.165, 1.54) is 0 Å². The molecule has 1 amide bonds. The predicted molar refractivity (Wildman–Crippen MR) is 101 cm³/mol. The minimum atomic E-state index is -3.28. The molecule has 9 nitrogen and oxygen atoms in total. The molecule has 4 heterocycles. The lowest BCUT2D eigenvalue weighted by Gasteiger charge is -2.27. The fraction of sp³-hybridized carbons (Fsp3) is 0.333. The van der Waals surface area contributed by atoms with Crippen molar-refractivity contribution < 1.29 is 17.7 Å². The molecule has 0 fully saturated rings. The average molecular weight is 401 g/mol. The Morgan fingerprint density at radius 3 is 3.04 bits per heavy atom. The van der Waals surface area contributed by atoms with E-state index in [0.717, 1.165) is 16.8 Å². The van der Waals surface area contributed by atoms with Gasteiger partial charge in [-0.3, -0.25) is 9.78 Å². The molecule has 0 unspecified atom stereocenters. The standard InChI is InChI=1S/C18H19N5O4S/c1-2-28(25,26)21-10-12-8-13-11-23(7-5-15(13)20-9-12)18(24)16-14-4-3-6-19-17(14)22-27-16/h3-4,6,8-9,21H,2,5,7,10-11H2,1H3. The largest absolute Gasteiger partial charge is 0.348 e. The molecular formula is C18H19N5O4S.